The predicted molar refractivity (Wildman–Crippen MR) is 131 cm³/mol. The van der Waals surface area contributed by atoms with Gasteiger partial charge in [0, 0.05) is 19.2 Å². The molecule has 1 atom stereocenters. The molecule has 1 aliphatic heterocycles. The molecular formula is C25H28N4O7. The van der Waals surface area contributed by atoms with Crippen LogP contribution in [0.5, 0.6) is 17.2 Å². The van der Waals surface area contributed by atoms with Gasteiger partial charge in [-0.05, 0) is 42.7 Å². The number of methoxy groups -OCH3 is 3. The van der Waals surface area contributed by atoms with Crippen LogP contribution in [0.3, 0.4) is 0 Å². The van der Waals surface area contributed by atoms with Crippen molar-refractivity contribution in [1.82, 2.24) is 19.7 Å². The smallest absolute Gasteiger partial charge is 0.352 e. The van der Waals surface area contributed by atoms with Gasteiger partial charge in [0.25, 0.3) is 11.5 Å². The number of ether oxygens (including phenoxy) is 4. The highest BCUT2D eigenvalue weighted by molar-refractivity contribution is 5.91. The lowest BCUT2D eigenvalue weighted by molar-refractivity contribution is 0.0849. The van der Waals surface area contributed by atoms with Gasteiger partial charge >= 0.3 is 5.69 Å². The molecule has 3 aromatic rings. The number of nitrogens with one attached hydrogen (secondary N) is 1. The first-order valence-electron chi connectivity index (χ1n) is 11.4. The van der Waals surface area contributed by atoms with Crippen LogP contribution in [-0.4, -0.2) is 60.8 Å². The lowest BCUT2D eigenvalue weighted by Crippen LogP contribution is -2.46. The molecule has 1 amide bonds. The number of rotatable bonds is 9. The third-order valence-electron chi connectivity index (χ3n) is 5.88. The lowest BCUT2D eigenvalue weighted by atomic mass is 10.2. The van der Waals surface area contributed by atoms with Crippen LogP contribution in [0.2, 0.25) is 0 Å². The molecular weight excluding hydrogens is 468 g/mol. The van der Waals surface area contributed by atoms with Crippen molar-refractivity contribution in [1.29, 1.82) is 0 Å². The van der Waals surface area contributed by atoms with E-state index in [1.54, 1.807) is 42.5 Å². The number of benzene rings is 2. The topological polar surface area (TPSA) is 123 Å². The highest BCUT2D eigenvalue weighted by atomic mass is 16.5. The zero-order valence-corrected chi connectivity index (χ0v) is 20.4. The Hall–Kier alpha value is -4.12. The summed E-state index contributed by atoms with van der Waals surface area (Å²) in [5, 5.41) is 6.86. The first-order valence-corrected chi connectivity index (χ1v) is 11.4. The number of aromatic nitrogens is 3. The third kappa shape index (κ3) is 5.25. The second-order valence-corrected chi connectivity index (χ2v) is 8.17. The SMILES string of the molecule is COc1cccc(Cn2c(=O)c(C(=O)NC[C@@H]3CCCO3)nn(-c3ccc(OC)c(OC)c3)c2=O)c1. The van der Waals surface area contributed by atoms with Crippen molar-refractivity contribution >= 4 is 5.91 Å². The fraction of sp³-hybridized carbons (Fsp3) is 0.360. The molecule has 0 aliphatic carbocycles. The van der Waals surface area contributed by atoms with Crippen molar-refractivity contribution in [2.45, 2.75) is 25.5 Å². The summed E-state index contributed by atoms with van der Waals surface area (Å²) >= 11 is 0. The lowest BCUT2D eigenvalue weighted by Gasteiger charge is -2.15. The molecule has 1 fully saturated rings. The summed E-state index contributed by atoms with van der Waals surface area (Å²) in [7, 11) is 4.48. The van der Waals surface area contributed by atoms with E-state index in [0.29, 0.717) is 35.1 Å². The number of carbonyl (C=O) groups is 1. The van der Waals surface area contributed by atoms with E-state index in [2.05, 4.69) is 10.4 Å². The molecule has 0 spiro atoms. The van der Waals surface area contributed by atoms with E-state index in [0.717, 1.165) is 22.1 Å². The van der Waals surface area contributed by atoms with Gasteiger partial charge < -0.3 is 24.3 Å². The Balaban J connectivity index is 1.80. The maximum Gasteiger partial charge on any atom is 0.352 e. The highest BCUT2D eigenvalue weighted by Gasteiger charge is 2.23. The summed E-state index contributed by atoms with van der Waals surface area (Å²) in [6, 6.07) is 11.7. The monoisotopic (exact) mass is 496 g/mol. The number of nitrogens with zero attached hydrogens (tertiary/aromatic N) is 3. The Kier molecular flexibility index (Phi) is 7.69. The van der Waals surface area contributed by atoms with E-state index in [1.165, 1.54) is 21.3 Å². The first kappa shape index (κ1) is 25.0. The maximum atomic E-state index is 13.5. The molecule has 0 radical (unpaired) electrons. The van der Waals surface area contributed by atoms with Crippen LogP contribution in [-0.2, 0) is 11.3 Å². The minimum Gasteiger partial charge on any atom is -0.497 e. The van der Waals surface area contributed by atoms with Crippen molar-refractivity contribution in [3.05, 3.63) is 74.6 Å². The van der Waals surface area contributed by atoms with E-state index >= 15 is 0 Å². The van der Waals surface area contributed by atoms with Crippen LogP contribution in [0.15, 0.2) is 52.1 Å². The fourth-order valence-electron chi connectivity index (χ4n) is 3.97. The first-order chi connectivity index (χ1) is 17.4. The Morgan fingerprint density at radius 3 is 2.58 bits per heavy atom. The maximum absolute atomic E-state index is 13.5. The highest BCUT2D eigenvalue weighted by Crippen LogP contribution is 2.28. The Bertz CT molecular complexity index is 1360. The fourth-order valence-corrected chi connectivity index (χ4v) is 3.97. The Labute approximate surface area is 207 Å². The normalized spacial score (nSPS) is 14.9. The Morgan fingerprint density at radius 1 is 1.08 bits per heavy atom. The molecule has 0 unspecified atom stereocenters. The van der Waals surface area contributed by atoms with Gasteiger partial charge in [0.1, 0.15) is 5.75 Å². The molecule has 1 N–H and O–H groups in total. The van der Waals surface area contributed by atoms with Crippen LogP contribution in [0.1, 0.15) is 28.9 Å². The summed E-state index contributed by atoms with van der Waals surface area (Å²) in [6.45, 7) is 0.790. The van der Waals surface area contributed by atoms with Gasteiger partial charge in [0.15, 0.2) is 11.5 Å². The summed E-state index contributed by atoms with van der Waals surface area (Å²) in [4.78, 5) is 39.8. The molecule has 1 aromatic heterocycles. The number of hydrogen-bond donors (Lipinski definition) is 1. The van der Waals surface area contributed by atoms with Crippen LogP contribution in [0.25, 0.3) is 5.69 Å². The minimum absolute atomic E-state index is 0.0866. The molecule has 36 heavy (non-hydrogen) atoms. The third-order valence-corrected chi connectivity index (χ3v) is 5.88. The van der Waals surface area contributed by atoms with E-state index in [9.17, 15) is 14.4 Å². The van der Waals surface area contributed by atoms with Crippen molar-refractivity contribution in [3.63, 3.8) is 0 Å². The van der Waals surface area contributed by atoms with Crippen molar-refractivity contribution in [2.75, 3.05) is 34.5 Å². The predicted octanol–water partition coefficient (Wildman–Crippen LogP) is 1.38. The van der Waals surface area contributed by atoms with Gasteiger partial charge in [-0.2, -0.15) is 9.78 Å². The van der Waals surface area contributed by atoms with Crippen LogP contribution < -0.4 is 30.8 Å². The van der Waals surface area contributed by atoms with Gasteiger partial charge in [-0.3, -0.25) is 14.2 Å². The Morgan fingerprint density at radius 2 is 1.89 bits per heavy atom. The van der Waals surface area contributed by atoms with Gasteiger partial charge in [0.2, 0.25) is 5.69 Å². The van der Waals surface area contributed by atoms with E-state index in [-0.39, 0.29) is 19.2 Å². The minimum atomic E-state index is -0.801. The zero-order valence-electron chi connectivity index (χ0n) is 20.4. The van der Waals surface area contributed by atoms with Gasteiger partial charge in [-0.25, -0.2) is 4.79 Å². The molecule has 1 saturated heterocycles. The molecule has 11 heteroatoms. The van der Waals surface area contributed by atoms with Crippen LogP contribution in [0, 0.1) is 0 Å². The second-order valence-electron chi connectivity index (χ2n) is 8.17. The van der Waals surface area contributed by atoms with E-state index in [4.69, 9.17) is 18.9 Å². The summed E-state index contributed by atoms with van der Waals surface area (Å²) in [5.74, 6) is 0.695. The summed E-state index contributed by atoms with van der Waals surface area (Å²) in [6.07, 6.45) is 1.61. The quantitative estimate of drug-likeness (QED) is 0.471. The summed E-state index contributed by atoms with van der Waals surface area (Å²) < 4.78 is 23.4. The molecule has 2 aromatic carbocycles. The molecule has 11 nitrogen and oxygen atoms in total. The second kappa shape index (κ2) is 11.1. The largest absolute Gasteiger partial charge is 0.497 e. The summed E-state index contributed by atoms with van der Waals surface area (Å²) in [5.41, 5.74) is -0.991. The molecule has 2 heterocycles. The van der Waals surface area contributed by atoms with Crippen molar-refractivity contribution in [3.8, 4) is 22.9 Å². The van der Waals surface area contributed by atoms with Crippen molar-refractivity contribution < 1.29 is 23.7 Å². The zero-order chi connectivity index (χ0) is 25.7. The molecule has 0 saturated carbocycles. The van der Waals surface area contributed by atoms with E-state index < -0.39 is 22.9 Å². The van der Waals surface area contributed by atoms with Crippen LogP contribution >= 0.6 is 0 Å². The number of amides is 1. The molecule has 4 rings (SSSR count). The standard InChI is InChI=1S/C25H28N4O7/c1-33-18-7-4-6-16(12-18)15-28-24(31)22(23(30)26-14-19-8-5-11-36-19)27-29(25(28)32)17-9-10-20(34-2)21(13-17)35-3/h4,6-7,9-10,12-13,19H,5,8,11,14-15H2,1-3H3,(H,26,30)/t19-/m0/s1. The number of hydrogen-bond acceptors (Lipinski definition) is 8. The van der Waals surface area contributed by atoms with Gasteiger partial charge in [0.05, 0.1) is 39.7 Å². The molecule has 0 bridgehead atoms. The average Bonchev–Trinajstić information content (AvgIpc) is 3.43. The van der Waals surface area contributed by atoms with Gasteiger partial charge in [-0.1, -0.05) is 12.1 Å². The number of carbonyl (C=O) groups excluding carboxylic acids is 1. The van der Waals surface area contributed by atoms with E-state index in [1.807, 2.05) is 0 Å². The van der Waals surface area contributed by atoms with Gasteiger partial charge in [-0.15, -0.1) is 0 Å². The molecule has 190 valence electrons. The van der Waals surface area contributed by atoms with Crippen molar-refractivity contribution in [2.24, 2.45) is 0 Å². The average molecular weight is 497 g/mol. The molecule has 1 aliphatic rings. The van der Waals surface area contributed by atoms with Crippen LogP contribution in [0.4, 0.5) is 0 Å².